The highest BCUT2D eigenvalue weighted by Crippen LogP contribution is 2.15. The van der Waals surface area contributed by atoms with Gasteiger partial charge in [-0.1, -0.05) is 24.8 Å². The van der Waals surface area contributed by atoms with Gasteiger partial charge >= 0.3 is 0 Å². The van der Waals surface area contributed by atoms with Gasteiger partial charge in [-0.05, 0) is 24.0 Å². The van der Waals surface area contributed by atoms with E-state index in [0.717, 1.165) is 24.7 Å². The first-order valence-corrected chi connectivity index (χ1v) is 6.63. The molecular formula is C12H17N3S. The maximum Gasteiger partial charge on any atom is 0.156 e. The Morgan fingerprint density at radius 3 is 3.19 bits per heavy atom. The zero-order chi connectivity index (χ0) is 11.2. The standard InChI is InChI=1S/C12H17N3S/c1-10-7-15-12(16-9-10)14-6-4-11-3-2-5-13-8-11/h2-3,5,8,10H,4,6-7,9H2,1H3,(H,14,15). The molecule has 0 saturated heterocycles. The van der Waals surface area contributed by atoms with E-state index in [-0.39, 0.29) is 0 Å². The number of rotatable bonds is 3. The van der Waals surface area contributed by atoms with Gasteiger partial charge in [-0.15, -0.1) is 0 Å². The van der Waals surface area contributed by atoms with Crippen molar-refractivity contribution in [2.75, 3.05) is 18.8 Å². The Hall–Kier alpha value is -1.03. The van der Waals surface area contributed by atoms with Crippen LogP contribution in [0.5, 0.6) is 0 Å². The van der Waals surface area contributed by atoms with Crippen molar-refractivity contribution in [2.45, 2.75) is 13.3 Å². The molecule has 0 bridgehead atoms. The smallest absolute Gasteiger partial charge is 0.156 e. The number of nitrogens with zero attached hydrogens (tertiary/aromatic N) is 2. The summed E-state index contributed by atoms with van der Waals surface area (Å²) in [6, 6.07) is 4.08. The molecule has 1 aliphatic rings. The largest absolute Gasteiger partial charge is 0.365 e. The fraction of sp³-hybridized carbons (Fsp3) is 0.500. The minimum Gasteiger partial charge on any atom is -0.365 e. The summed E-state index contributed by atoms with van der Waals surface area (Å²) < 4.78 is 0. The highest BCUT2D eigenvalue weighted by molar-refractivity contribution is 8.13. The van der Waals surface area contributed by atoms with Crippen molar-refractivity contribution in [3.05, 3.63) is 30.1 Å². The zero-order valence-electron chi connectivity index (χ0n) is 9.52. The Kier molecular flexibility index (Phi) is 4.22. The fourth-order valence-corrected chi connectivity index (χ4v) is 2.44. The van der Waals surface area contributed by atoms with Crippen LogP contribution >= 0.6 is 11.8 Å². The van der Waals surface area contributed by atoms with Crippen molar-refractivity contribution in [2.24, 2.45) is 10.9 Å². The van der Waals surface area contributed by atoms with Gasteiger partial charge in [-0.3, -0.25) is 9.98 Å². The van der Waals surface area contributed by atoms with Crippen LogP contribution in [0.3, 0.4) is 0 Å². The minimum atomic E-state index is 0.717. The molecule has 3 nitrogen and oxygen atoms in total. The van der Waals surface area contributed by atoms with Crippen LogP contribution in [0.2, 0.25) is 0 Å². The predicted molar refractivity (Wildman–Crippen MR) is 69.9 cm³/mol. The van der Waals surface area contributed by atoms with Crippen LogP contribution in [0.15, 0.2) is 29.5 Å². The van der Waals surface area contributed by atoms with Crippen LogP contribution in [0.4, 0.5) is 0 Å². The zero-order valence-corrected chi connectivity index (χ0v) is 10.3. The maximum absolute atomic E-state index is 4.49. The molecule has 4 heteroatoms. The lowest BCUT2D eigenvalue weighted by Crippen LogP contribution is -2.27. The molecule has 1 unspecified atom stereocenters. The van der Waals surface area contributed by atoms with Crippen molar-refractivity contribution in [1.82, 2.24) is 10.3 Å². The molecule has 16 heavy (non-hydrogen) atoms. The minimum absolute atomic E-state index is 0.717. The molecule has 0 fully saturated rings. The average Bonchev–Trinajstić information content (AvgIpc) is 2.33. The second-order valence-electron chi connectivity index (χ2n) is 4.10. The van der Waals surface area contributed by atoms with Crippen molar-refractivity contribution in [3.8, 4) is 0 Å². The topological polar surface area (TPSA) is 37.3 Å². The van der Waals surface area contributed by atoms with E-state index in [9.17, 15) is 0 Å². The summed E-state index contributed by atoms with van der Waals surface area (Å²) in [4.78, 5) is 8.59. The Morgan fingerprint density at radius 1 is 1.56 bits per heavy atom. The average molecular weight is 235 g/mol. The molecule has 0 amide bonds. The van der Waals surface area contributed by atoms with E-state index >= 15 is 0 Å². The number of aromatic nitrogens is 1. The SMILES string of the molecule is CC1CN=C(NCCc2cccnc2)SC1. The van der Waals surface area contributed by atoms with E-state index in [4.69, 9.17) is 0 Å². The second-order valence-corrected chi connectivity index (χ2v) is 5.11. The molecule has 2 heterocycles. The third-order valence-corrected chi connectivity index (χ3v) is 3.75. The molecule has 1 aromatic heterocycles. The first-order valence-electron chi connectivity index (χ1n) is 5.64. The molecular weight excluding hydrogens is 218 g/mol. The summed E-state index contributed by atoms with van der Waals surface area (Å²) >= 11 is 1.83. The van der Waals surface area contributed by atoms with Crippen LogP contribution in [0.1, 0.15) is 12.5 Å². The lowest BCUT2D eigenvalue weighted by atomic mass is 10.2. The van der Waals surface area contributed by atoms with Crippen LogP contribution in [-0.4, -0.2) is 29.0 Å². The number of nitrogens with one attached hydrogen (secondary N) is 1. The first-order chi connectivity index (χ1) is 7.84. The van der Waals surface area contributed by atoms with E-state index < -0.39 is 0 Å². The van der Waals surface area contributed by atoms with Gasteiger partial charge in [0.25, 0.3) is 0 Å². The molecule has 2 rings (SSSR count). The molecule has 0 aromatic carbocycles. The first kappa shape index (κ1) is 11.5. The predicted octanol–water partition coefficient (Wildman–Crippen LogP) is 1.95. The lowest BCUT2D eigenvalue weighted by molar-refractivity contribution is 0.669. The van der Waals surface area contributed by atoms with Crippen molar-refractivity contribution in [1.29, 1.82) is 0 Å². The number of pyridine rings is 1. The van der Waals surface area contributed by atoms with Gasteiger partial charge < -0.3 is 5.32 Å². The van der Waals surface area contributed by atoms with Crippen LogP contribution < -0.4 is 5.32 Å². The molecule has 0 aliphatic carbocycles. The van der Waals surface area contributed by atoms with E-state index in [1.54, 1.807) is 6.20 Å². The monoisotopic (exact) mass is 235 g/mol. The highest BCUT2D eigenvalue weighted by Gasteiger charge is 2.11. The summed E-state index contributed by atoms with van der Waals surface area (Å²) in [6.07, 6.45) is 4.72. The van der Waals surface area contributed by atoms with Gasteiger partial charge in [0.2, 0.25) is 0 Å². The third kappa shape index (κ3) is 3.52. The summed E-state index contributed by atoms with van der Waals surface area (Å²) in [5.74, 6) is 1.90. The molecule has 1 atom stereocenters. The van der Waals surface area contributed by atoms with Gasteiger partial charge in [0.15, 0.2) is 5.17 Å². The number of aliphatic imine (C=N–C) groups is 1. The Morgan fingerprint density at radius 2 is 2.50 bits per heavy atom. The number of hydrogen-bond acceptors (Lipinski definition) is 4. The van der Waals surface area contributed by atoms with Gasteiger partial charge in [0.1, 0.15) is 0 Å². The van der Waals surface area contributed by atoms with E-state index in [0.29, 0.717) is 5.92 Å². The third-order valence-electron chi connectivity index (χ3n) is 2.46. The lowest BCUT2D eigenvalue weighted by Gasteiger charge is -2.17. The quantitative estimate of drug-likeness (QED) is 0.870. The Bertz CT molecular complexity index is 351. The molecule has 0 saturated carbocycles. The molecule has 86 valence electrons. The van der Waals surface area contributed by atoms with Crippen molar-refractivity contribution < 1.29 is 0 Å². The normalized spacial score (nSPS) is 20.3. The van der Waals surface area contributed by atoms with Crippen molar-refractivity contribution >= 4 is 16.9 Å². The molecule has 1 aliphatic heterocycles. The van der Waals surface area contributed by atoms with Crippen LogP contribution in [0.25, 0.3) is 0 Å². The van der Waals surface area contributed by atoms with E-state index in [1.807, 2.05) is 24.0 Å². The molecule has 1 N–H and O–H groups in total. The van der Waals surface area contributed by atoms with Crippen molar-refractivity contribution in [3.63, 3.8) is 0 Å². The highest BCUT2D eigenvalue weighted by atomic mass is 32.2. The Balaban J connectivity index is 1.72. The summed E-state index contributed by atoms with van der Waals surface area (Å²) in [5, 5.41) is 4.47. The Labute approximate surface area is 101 Å². The fourth-order valence-electron chi connectivity index (χ4n) is 1.53. The number of hydrogen-bond donors (Lipinski definition) is 1. The summed E-state index contributed by atoms with van der Waals surface area (Å²) in [7, 11) is 0. The maximum atomic E-state index is 4.49. The van der Waals surface area contributed by atoms with Crippen LogP contribution in [-0.2, 0) is 6.42 Å². The van der Waals surface area contributed by atoms with E-state index in [2.05, 4.69) is 28.3 Å². The molecule has 0 spiro atoms. The number of amidine groups is 1. The molecule has 0 radical (unpaired) electrons. The second kappa shape index (κ2) is 5.89. The number of thioether (sulfide) groups is 1. The van der Waals surface area contributed by atoms with Gasteiger partial charge in [-0.2, -0.15) is 0 Å². The van der Waals surface area contributed by atoms with E-state index in [1.165, 1.54) is 11.3 Å². The van der Waals surface area contributed by atoms with Gasteiger partial charge in [0.05, 0.1) is 0 Å². The molecule has 1 aromatic rings. The van der Waals surface area contributed by atoms with Crippen LogP contribution in [0, 0.1) is 5.92 Å². The van der Waals surface area contributed by atoms with Gasteiger partial charge in [-0.25, -0.2) is 0 Å². The summed E-state index contributed by atoms with van der Waals surface area (Å²) in [5.41, 5.74) is 1.27. The van der Waals surface area contributed by atoms with Gasteiger partial charge in [0, 0.05) is 31.2 Å². The summed E-state index contributed by atoms with van der Waals surface area (Å²) in [6.45, 7) is 4.14.